The molecule has 0 heterocycles. The van der Waals surface area contributed by atoms with Gasteiger partial charge in [0, 0.05) is 19.3 Å². The third-order valence-corrected chi connectivity index (χ3v) is 12.0. The summed E-state index contributed by atoms with van der Waals surface area (Å²) >= 11 is 0. The molecule has 0 bridgehead atoms. The average molecular weight is 835 g/mol. The van der Waals surface area contributed by atoms with Crippen molar-refractivity contribution >= 4 is 17.9 Å². The normalized spacial score (nSPS) is 12.1. The lowest BCUT2D eigenvalue weighted by Crippen LogP contribution is -2.30. The van der Waals surface area contributed by atoms with E-state index < -0.39 is 6.10 Å². The molecule has 6 heteroatoms. The molecule has 0 amide bonds. The minimum atomic E-state index is -0.761. The lowest BCUT2D eigenvalue weighted by atomic mass is 10.0. The van der Waals surface area contributed by atoms with Crippen LogP contribution in [-0.2, 0) is 28.6 Å². The van der Waals surface area contributed by atoms with E-state index in [-0.39, 0.29) is 31.1 Å². The van der Waals surface area contributed by atoms with E-state index in [1.165, 1.54) is 180 Å². The Morgan fingerprint density at radius 3 is 0.831 bits per heavy atom. The molecule has 0 saturated carbocycles. The summed E-state index contributed by atoms with van der Waals surface area (Å²) in [5, 5.41) is 0. The quantitative estimate of drug-likeness (QED) is 0.0345. The maximum Gasteiger partial charge on any atom is 0.306 e. The number of hydrogen-bond donors (Lipinski definition) is 0. The fourth-order valence-electron chi connectivity index (χ4n) is 7.99. The second-order valence-electron chi connectivity index (χ2n) is 19.1. The Morgan fingerprint density at radius 1 is 0.322 bits per heavy atom. The summed E-state index contributed by atoms with van der Waals surface area (Å²) in [7, 11) is 0. The Labute approximate surface area is 368 Å². The number of unbranched alkanes of at least 4 members (excludes halogenated alkanes) is 32. The number of hydrogen-bond acceptors (Lipinski definition) is 6. The first-order chi connectivity index (χ1) is 28.7. The largest absolute Gasteiger partial charge is 0.462 e. The van der Waals surface area contributed by atoms with Gasteiger partial charge in [0.2, 0.25) is 0 Å². The highest BCUT2D eigenvalue weighted by Gasteiger charge is 2.19. The zero-order chi connectivity index (χ0) is 43.3. The monoisotopic (exact) mass is 835 g/mol. The van der Waals surface area contributed by atoms with Crippen LogP contribution in [0.15, 0.2) is 0 Å². The SMILES string of the molecule is CCCCCCCCCCCCCCCC(=O)OC[C@H](COC(=O)CCCCCCCCCC(C)C)OC(=O)CCCCCCCCCCCCCCCCCC(C)C. The molecule has 6 nitrogen and oxygen atoms in total. The first-order valence-corrected chi connectivity index (χ1v) is 26.2. The summed E-state index contributed by atoms with van der Waals surface area (Å²) in [5.41, 5.74) is 0. The summed E-state index contributed by atoms with van der Waals surface area (Å²) < 4.78 is 16.8. The van der Waals surface area contributed by atoms with E-state index in [0.29, 0.717) is 19.3 Å². The molecule has 0 radical (unpaired) electrons. The molecule has 0 aliphatic heterocycles. The van der Waals surface area contributed by atoms with Gasteiger partial charge in [-0.1, -0.05) is 253 Å². The smallest absolute Gasteiger partial charge is 0.306 e. The van der Waals surface area contributed by atoms with Crippen molar-refractivity contribution in [2.45, 2.75) is 298 Å². The predicted octanol–water partition coefficient (Wildman–Crippen LogP) is 16.9. The lowest BCUT2D eigenvalue weighted by Gasteiger charge is -2.18. The van der Waals surface area contributed by atoms with Crippen LogP contribution in [0.25, 0.3) is 0 Å². The van der Waals surface area contributed by atoms with Crippen molar-refractivity contribution in [2.24, 2.45) is 11.8 Å². The van der Waals surface area contributed by atoms with Crippen molar-refractivity contribution in [3.8, 4) is 0 Å². The Bertz CT molecular complexity index is 900. The molecule has 0 aromatic heterocycles. The van der Waals surface area contributed by atoms with Gasteiger partial charge in [-0.05, 0) is 31.1 Å². The highest BCUT2D eigenvalue weighted by atomic mass is 16.6. The summed E-state index contributed by atoms with van der Waals surface area (Å²) in [6, 6.07) is 0. The van der Waals surface area contributed by atoms with Gasteiger partial charge in [-0.2, -0.15) is 0 Å². The van der Waals surface area contributed by atoms with E-state index in [0.717, 1.165) is 69.6 Å². The van der Waals surface area contributed by atoms with Crippen molar-refractivity contribution < 1.29 is 28.6 Å². The van der Waals surface area contributed by atoms with Crippen LogP contribution in [0, 0.1) is 11.8 Å². The zero-order valence-electron chi connectivity index (χ0n) is 40.4. The van der Waals surface area contributed by atoms with Gasteiger partial charge in [-0.3, -0.25) is 14.4 Å². The molecule has 1 atom stereocenters. The predicted molar refractivity (Wildman–Crippen MR) is 252 cm³/mol. The van der Waals surface area contributed by atoms with Crippen molar-refractivity contribution in [3.63, 3.8) is 0 Å². The maximum absolute atomic E-state index is 12.8. The van der Waals surface area contributed by atoms with Crippen LogP contribution in [0.1, 0.15) is 291 Å². The molecule has 0 aliphatic rings. The van der Waals surface area contributed by atoms with E-state index in [2.05, 4.69) is 34.6 Å². The Kier molecular flexibility index (Phi) is 44.7. The van der Waals surface area contributed by atoms with Crippen molar-refractivity contribution in [1.82, 2.24) is 0 Å². The number of ether oxygens (including phenoxy) is 3. The van der Waals surface area contributed by atoms with Gasteiger partial charge in [0.1, 0.15) is 13.2 Å². The summed E-state index contributed by atoms with van der Waals surface area (Å²) in [4.78, 5) is 37.9. The number of esters is 3. The van der Waals surface area contributed by atoms with Crippen molar-refractivity contribution in [2.75, 3.05) is 13.2 Å². The maximum atomic E-state index is 12.8. The first-order valence-electron chi connectivity index (χ1n) is 26.2. The molecular formula is C53H102O6. The van der Waals surface area contributed by atoms with E-state index in [9.17, 15) is 14.4 Å². The zero-order valence-corrected chi connectivity index (χ0v) is 40.4. The summed E-state index contributed by atoms with van der Waals surface area (Å²) in [6.07, 6.45) is 46.7. The minimum absolute atomic E-state index is 0.0639. The molecule has 350 valence electrons. The van der Waals surface area contributed by atoms with Crippen LogP contribution in [0.2, 0.25) is 0 Å². The van der Waals surface area contributed by atoms with Crippen LogP contribution in [-0.4, -0.2) is 37.2 Å². The summed E-state index contributed by atoms with van der Waals surface area (Å²) in [5.74, 6) is 0.780. The minimum Gasteiger partial charge on any atom is -0.462 e. The van der Waals surface area contributed by atoms with Crippen LogP contribution in [0.4, 0.5) is 0 Å². The van der Waals surface area contributed by atoms with E-state index in [4.69, 9.17) is 14.2 Å². The van der Waals surface area contributed by atoms with E-state index in [1.807, 2.05) is 0 Å². The van der Waals surface area contributed by atoms with Gasteiger partial charge >= 0.3 is 17.9 Å². The Morgan fingerprint density at radius 2 is 0.559 bits per heavy atom. The summed E-state index contributed by atoms with van der Waals surface area (Å²) in [6.45, 7) is 11.3. The van der Waals surface area contributed by atoms with Crippen LogP contribution in [0.5, 0.6) is 0 Å². The molecule has 59 heavy (non-hydrogen) atoms. The molecule has 0 spiro atoms. The molecule has 0 aromatic carbocycles. The topological polar surface area (TPSA) is 78.9 Å². The molecule has 0 aromatic rings. The average Bonchev–Trinajstić information content (AvgIpc) is 3.20. The third-order valence-electron chi connectivity index (χ3n) is 12.0. The van der Waals surface area contributed by atoms with Gasteiger partial charge in [0.15, 0.2) is 6.10 Å². The van der Waals surface area contributed by atoms with Crippen LogP contribution in [0.3, 0.4) is 0 Å². The molecule has 0 fully saturated rings. The molecule has 0 N–H and O–H groups in total. The fraction of sp³-hybridized carbons (Fsp3) is 0.943. The highest BCUT2D eigenvalue weighted by Crippen LogP contribution is 2.17. The lowest BCUT2D eigenvalue weighted by molar-refractivity contribution is -0.167. The van der Waals surface area contributed by atoms with E-state index >= 15 is 0 Å². The van der Waals surface area contributed by atoms with Crippen molar-refractivity contribution in [1.29, 1.82) is 0 Å². The van der Waals surface area contributed by atoms with Crippen molar-refractivity contribution in [3.05, 3.63) is 0 Å². The van der Waals surface area contributed by atoms with Gasteiger partial charge < -0.3 is 14.2 Å². The van der Waals surface area contributed by atoms with E-state index in [1.54, 1.807) is 0 Å². The fourth-order valence-corrected chi connectivity index (χ4v) is 7.99. The Balaban J connectivity index is 4.27. The van der Waals surface area contributed by atoms with Gasteiger partial charge in [0.25, 0.3) is 0 Å². The number of rotatable bonds is 47. The van der Waals surface area contributed by atoms with Gasteiger partial charge in [-0.25, -0.2) is 0 Å². The van der Waals surface area contributed by atoms with Crippen LogP contribution >= 0.6 is 0 Å². The molecular weight excluding hydrogens is 733 g/mol. The van der Waals surface area contributed by atoms with Gasteiger partial charge in [-0.15, -0.1) is 0 Å². The molecule has 0 unspecified atom stereocenters. The molecule has 0 rings (SSSR count). The first kappa shape index (κ1) is 57.4. The molecule has 0 aliphatic carbocycles. The number of carbonyl (C=O) groups excluding carboxylic acids is 3. The van der Waals surface area contributed by atoms with Gasteiger partial charge in [0.05, 0.1) is 0 Å². The highest BCUT2D eigenvalue weighted by molar-refractivity contribution is 5.71. The molecule has 0 saturated heterocycles. The Hall–Kier alpha value is -1.59. The second kappa shape index (κ2) is 45.9. The third kappa shape index (κ3) is 47.3. The number of carbonyl (C=O) groups is 3. The second-order valence-corrected chi connectivity index (χ2v) is 19.1. The van der Waals surface area contributed by atoms with Crippen LogP contribution < -0.4 is 0 Å². The standard InChI is InChI=1S/C53H102O6/c1-6-7-8-9-10-11-12-16-20-23-28-33-38-43-51(54)57-46-50(47-58-52(55)44-39-34-30-25-27-32-37-42-49(4)5)59-53(56)45-40-35-29-24-21-18-15-13-14-17-19-22-26-31-36-41-48(2)3/h48-50H,6-47H2,1-5H3/t50-/m1/s1.